The van der Waals surface area contributed by atoms with Gasteiger partial charge < -0.3 is 0 Å². The van der Waals surface area contributed by atoms with E-state index in [1.165, 1.54) is 55.6 Å². The van der Waals surface area contributed by atoms with Gasteiger partial charge in [0.2, 0.25) is 0 Å². The Morgan fingerprint density at radius 1 is 0.464 bits per heavy atom. The summed E-state index contributed by atoms with van der Waals surface area (Å²) >= 11 is 0. The molecule has 0 aliphatic carbocycles. The molecule has 8 heteroatoms. The summed E-state index contributed by atoms with van der Waals surface area (Å²) in [4.78, 5) is 0. The fourth-order valence-corrected chi connectivity index (χ4v) is 2.81. The molecule has 28 heavy (non-hydrogen) atoms. The van der Waals surface area contributed by atoms with Crippen molar-refractivity contribution < 1.29 is 42.0 Å². The second-order valence-corrected chi connectivity index (χ2v) is 9.12. The first-order chi connectivity index (χ1) is 11.6. The standard InChI is InChI=1S/2C10H15.Co.F6P/c2*1-6-7(2)9(4)10(5)8(6)3;;1-7(2,3,4,5)6/h2*1-5H3;;/q2*-1;+2;-1. The smallest absolute Gasteiger partial charge is 2.00 e. The van der Waals surface area contributed by atoms with Crippen molar-refractivity contribution in [2.75, 3.05) is 0 Å². The summed E-state index contributed by atoms with van der Waals surface area (Å²) in [5, 5.41) is 0. The number of halogens is 6. The van der Waals surface area contributed by atoms with Crippen LogP contribution in [-0.2, 0) is 16.8 Å². The molecule has 1 radical (unpaired) electrons. The number of rotatable bonds is 0. The molecular formula is C20H30CoF6P-. The number of hydrogen-bond acceptors (Lipinski definition) is 0. The van der Waals surface area contributed by atoms with Crippen molar-refractivity contribution in [2.45, 2.75) is 69.2 Å². The van der Waals surface area contributed by atoms with Crippen molar-refractivity contribution in [3.05, 3.63) is 55.6 Å². The van der Waals surface area contributed by atoms with E-state index in [0.29, 0.717) is 0 Å². The summed E-state index contributed by atoms with van der Waals surface area (Å²) in [6.45, 7) is 22.0. The maximum absolute atomic E-state index is 10.7. The summed E-state index contributed by atoms with van der Waals surface area (Å²) in [6, 6.07) is 0. The van der Waals surface area contributed by atoms with Gasteiger partial charge in [0.25, 0.3) is 0 Å². The Morgan fingerprint density at radius 2 is 0.571 bits per heavy atom. The van der Waals surface area contributed by atoms with Crippen LogP contribution in [0.15, 0.2) is 0 Å². The van der Waals surface area contributed by atoms with Crippen LogP contribution in [0.5, 0.6) is 0 Å². The fraction of sp³-hybridized carbons (Fsp3) is 0.500. The molecule has 0 N–H and O–H groups in total. The van der Waals surface area contributed by atoms with E-state index >= 15 is 0 Å². The zero-order valence-electron chi connectivity index (χ0n) is 18.0. The van der Waals surface area contributed by atoms with E-state index in [9.17, 15) is 25.2 Å². The molecule has 0 aromatic heterocycles. The molecule has 0 unspecified atom stereocenters. The molecule has 0 fully saturated rings. The fourth-order valence-electron chi connectivity index (χ4n) is 2.81. The second kappa shape index (κ2) is 8.53. The molecule has 2 aromatic rings. The first-order valence-electron chi connectivity index (χ1n) is 8.51. The van der Waals surface area contributed by atoms with Gasteiger partial charge in [0.05, 0.1) is 0 Å². The van der Waals surface area contributed by atoms with E-state index in [-0.39, 0.29) is 16.8 Å². The first kappa shape index (κ1) is 29.4. The van der Waals surface area contributed by atoms with Crippen LogP contribution in [-0.4, -0.2) is 0 Å². The molecule has 0 saturated heterocycles. The minimum absolute atomic E-state index is 0. The number of hydrogen-bond donors (Lipinski definition) is 0. The largest absolute Gasteiger partial charge is 2.00 e. The molecule has 0 aliphatic heterocycles. The van der Waals surface area contributed by atoms with Crippen molar-refractivity contribution >= 4 is 7.81 Å². The van der Waals surface area contributed by atoms with Crippen LogP contribution in [0.3, 0.4) is 0 Å². The molecule has 0 nitrogen and oxygen atoms in total. The summed E-state index contributed by atoms with van der Waals surface area (Å²) in [5.74, 6) is 0. The van der Waals surface area contributed by atoms with Crippen LogP contribution in [0.25, 0.3) is 0 Å². The first-order valence-corrected chi connectivity index (χ1v) is 10.5. The van der Waals surface area contributed by atoms with E-state index in [4.69, 9.17) is 0 Å². The van der Waals surface area contributed by atoms with Crippen molar-refractivity contribution in [1.82, 2.24) is 0 Å². The SMILES string of the molecule is Cc1c(C)c(C)[c-](C)c1C.Cc1c(C)c(C)[c-](C)c1C.F[P-](F)(F)(F)(F)F.[Co+2]. The average Bonchev–Trinajstić information content (AvgIpc) is 2.76. The Bertz CT molecular complexity index is 596. The van der Waals surface area contributed by atoms with Gasteiger partial charge >= 0.3 is 49.8 Å². The zero-order valence-corrected chi connectivity index (χ0v) is 20.0. The van der Waals surface area contributed by atoms with Crippen molar-refractivity contribution in [1.29, 1.82) is 0 Å². The third kappa shape index (κ3) is 9.62. The van der Waals surface area contributed by atoms with Gasteiger partial charge in [-0.3, -0.25) is 0 Å². The predicted molar refractivity (Wildman–Crippen MR) is 105 cm³/mol. The van der Waals surface area contributed by atoms with Gasteiger partial charge in [0.15, 0.2) is 0 Å². The Kier molecular flexibility index (Phi) is 8.96. The molecule has 0 bridgehead atoms. The van der Waals surface area contributed by atoms with Gasteiger partial charge in [-0.15, -0.1) is 0 Å². The quantitative estimate of drug-likeness (QED) is 0.203. The van der Waals surface area contributed by atoms with Crippen molar-refractivity contribution in [3.63, 3.8) is 0 Å². The summed E-state index contributed by atoms with van der Waals surface area (Å²) in [7, 11) is -10.7. The minimum atomic E-state index is -10.7. The molecule has 2 rings (SSSR count). The minimum Gasteiger partial charge on any atom is 2.00 e. The molecule has 0 atom stereocenters. The summed E-state index contributed by atoms with van der Waals surface area (Å²) < 4.78 is 59.2. The normalized spacial score (nSPS) is 13.3. The van der Waals surface area contributed by atoms with Crippen LogP contribution in [0, 0.1) is 69.2 Å². The predicted octanol–water partition coefficient (Wildman–Crippen LogP) is 9.28. The van der Waals surface area contributed by atoms with E-state index in [0.717, 1.165) is 0 Å². The Labute approximate surface area is 174 Å². The van der Waals surface area contributed by atoms with Gasteiger partial charge in [-0.2, -0.15) is 55.6 Å². The van der Waals surface area contributed by atoms with Gasteiger partial charge in [0.1, 0.15) is 0 Å². The Balaban J connectivity index is 0. The van der Waals surface area contributed by atoms with Crippen molar-refractivity contribution in [2.24, 2.45) is 0 Å². The van der Waals surface area contributed by atoms with Gasteiger partial charge in [-0.05, 0) is 0 Å². The van der Waals surface area contributed by atoms with Gasteiger partial charge in [0, 0.05) is 0 Å². The molecular weight excluding hydrogens is 444 g/mol. The molecule has 0 spiro atoms. The molecule has 0 aliphatic rings. The Hall–Kier alpha value is -0.784. The topological polar surface area (TPSA) is 0 Å². The summed E-state index contributed by atoms with van der Waals surface area (Å²) in [6.07, 6.45) is 0. The van der Waals surface area contributed by atoms with Crippen LogP contribution < -0.4 is 0 Å². The Morgan fingerprint density at radius 3 is 0.607 bits per heavy atom. The maximum Gasteiger partial charge on any atom is 2.00 e. The van der Waals surface area contributed by atoms with E-state index in [2.05, 4.69) is 69.2 Å². The summed E-state index contributed by atoms with van der Waals surface area (Å²) in [5.41, 5.74) is 14.7. The third-order valence-corrected chi connectivity index (χ3v) is 5.62. The monoisotopic (exact) mass is 474 g/mol. The molecule has 2 aromatic carbocycles. The van der Waals surface area contributed by atoms with Gasteiger partial charge in [-0.1, -0.05) is 69.2 Å². The second-order valence-electron chi connectivity index (χ2n) is 7.21. The van der Waals surface area contributed by atoms with Gasteiger partial charge in [-0.25, -0.2) is 0 Å². The van der Waals surface area contributed by atoms with E-state index < -0.39 is 7.81 Å². The van der Waals surface area contributed by atoms with Crippen LogP contribution in [0.1, 0.15) is 55.6 Å². The zero-order chi connectivity index (χ0) is 22.2. The van der Waals surface area contributed by atoms with E-state index in [1.54, 1.807) is 0 Å². The maximum atomic E-state index is 9.87. The van der Waals surface area contributed by atoms with Crippen molar-refractivity contribution in [3.8, 4) is 0 Å². The van der Waals surface area contributed by atoms with Crippen LogP contribution in [0.4, 0.5) is 25.2 Å². The molecule has 0 heterocycles. The molecule has 0 saturated carbocycles. The third-order valence-electron chi connectivity index (χ3n) is 5.62. The van der Waals surface area contributed by atoms with E-state index in [1.807, 2.05) is 0 Å². The average molecular weight is 474 g/mol. The van der Waals surface area contributed by atoms with Crippen LogP contribution >= 0.6 is 7.81 Å². The molecule has 0 amide bonds. The van der Waals surface area contributed by atoms with Crippen LogP contribution in [0.2, 0.25) is 0 Å². The molecule has 167 valence electrons.